The van der Waals surface area contributed by atoms with E-state index in [-0.39, 0.29) is 0 Å². The Morgan fingerprint density at radius 2 is 2.12 bits per heavy atom. The summed E-state index contributed by atoms with van der Waals surface area (Å²) in [4.78, 5) is 0. The van der Waals surface area contributed by atoms with E-state index in [1.54, 1.807) is 7.11 Å². The van der Waals surface area contributed by atoms with Gasteiger partial charge in [0.2, 0.25) is 0 Å². The van der Waals surface area contributed by atoms with E-state index in [1.807, 2.05) is 12.1 Å². The van der Waals surface area contributed by atoms with Gasteiger partial charge < -0.3 is 4.74 Å². The Bertz CT molecular complexity index is 313. The quantitative estimate of drug-likeness (QED) is 0.572. The smallest absolute Gasteiger partial charge is 0.119 e. The van der Waals surface area contributed by atoms with Gasteiger partial charge in [-0.05, 0) is 36.5 Å². The van der Waals surface area contributed by atoms with E-state index in [0.717, 1.165) is 18.6 Å². The zero-order valence-electron chi connectivity index (χ0n) is 10.4. The monoisotopic (exact) mass is 222 g/mol. The van der Waals surface area contributed by atoms with Gasteiger partial charge in [-0.25, -0.2) is 0 Å². The molecule has 0 aliphatic rings. The van der Waals surface area contributed by atoms with Crippen LogP contribution in [0.3, 0.4) is 0 Å². The molecule has 3 N–H and O–H groups in total. The molecule has 1 aromatic rings. The molecule has 0 bridgehead atoms. The Morgan fingerprint density at radius 1 is 1.38 bits per heavy atom. The lowest BCUT2D eigenvalue weighted by Gasteiger charge is -2.18. The van der Waals surface area contributed by atoms with Gasteiger partial charge in [0.1, 0.15) is 5.75 Å². The zero-order chi connectivity index (χ0) is 12.0. The second-order valence-corrected chi connectivity index (χ2v) is 4.55. The van der Waals surface area contributed by atoms with Crippen LogP contribution >= 0.6 is 0 Å². The van der Waals surface area contributed by atoms with Gasteiger partial charge in [-0.3, -0.25) is 11.3 Å². The summed E-state index contributed by atoms with van der Waals surface area (Å²) >= 11 is 0. The molecule has 1 unspecified atom stereocenters. The second-order valence-electron chi connectivity index (χ2n) is 4.55. The first-order chi connectivity index (χ1) is 7.65. The van der Waals surface area contributed by atoms with Gasteiger partial charge in [0.15, 0.2) is 0 Å². The molecule has 1 rings (SSSR count). The Morgan fingerprint density at radius 3 is 2.69 bits per heavy atom. The van der Waals surface area contributed by atoms with Crippen LogP contribution in [0.2, 0.25) is 0 Å². The molecule has 0 heterocycles. The molecule has 3 nitrogen and oxygen atoms in total. The summed E-state index contributed by atoms with van der Waals surface area (Å²) in [5, 5.41) is 0. The van der Waals surface area contributed by atoms with Gasteiger partial charge in [0.25, 0.3) is 0 Å². The van der Waals surface area contributed by atoms with Crippen molar-refractivity contribution < 1.29 is 4.74 Å². The highest BCUT2D eigenvalue weighted by molar-refractivity contribution is 5.28. The Kier molecular flexibility index (Phi) is 5.29. The van der Waals surface area contributed by atoms with Crippen molar-refractivity contribution in [2.24, 2.45) is 11.8 Å². The number of methoxy groups -OCH3 is 1. The lowest BCUT2D eigenvalue weighted by molar-refractivity contribution is 0.410. The molecule has 0 amide bonds. The molecular weight excluding hydrogens is 200 g/mol. The minimum atomic E-state index is 0.326. The maximum absolute atomic E-state index is 5.56. The number of rotatable bonds is 6. The van der Waals surface area contributed by atoms with Crippen LogP contribution in [-0.2, 0) is 6.42 Å². The van der Waals surface area contributed by atoms with Gasteiger partial charge in [-0.2, -0.15) is 0 Å². The number of benzene rings is 1. The first-order valence-electron chi connectivity index (χ1n) is 5.74. The van der Waals surface area contributed by atoms with Crippen molar-refractivity contribution in [2.45, 2.75) is 32.7 Å². The number of ether oxygens (including phenoxy) is 1. The van der Waals surface area contributed by atoms with Crippen LogP contribution in [0, 0.1) is 5.92 Å². The molecule has 3 heteroatoms. The van der Waals surface area contributed by atoms with Crippen molar-refractivity contribution in [1.82, 2.24) is 5.43 Å². The summed E-state index contributed by atoms with van der Waals surface area (Å²) in [5.74, 6) is 7.10. The molecule has 0 aliphatic heterocycles. The fourth-order valence-corrected chi connectivity index (χ4v) is 1.86. The molecule has 0 fully saturated rings. The van der Waals surface area contributed by atoms with Crippen molar-refractivity contribution in [3.05, 3.63) is 29.8 Å². The van der Waals surface area contributed by atoms with Crippen LogP contribution in [0.15, 0.2) is 24.3 Å². The highest BCUT2D eigenvalue weighted by Gasteiger charge is 2.10. The fraction of sp³-hybridized carbons (Fsp3) is 0.538. The molecule has 0 aromatic heterocycles. The lowest BCUT2D eigenvalue weighted by Crippen LogP contribution is -2.37. The number of nitrogens with two attached hydrogens (primary N) is 1. The summed E-state index contributed by atoms with van der Waals surface area (Å²) in [6, 6.07) is 8.46. The van der Waals surface area contributed by atoms with E-state index in [0.29, 0.717) is 12.0 Å². The zero-order valence-corrected chi connectivity index (χ0v) is 10.4. The average molecular weight is 222 g/mol. The number of nitrogens with one attached hydrogen (secondary N) is 1. The molecule has 16 heavy (non-hydrogen) atoms. The molecule has 90 valence electrons. The Balaban J connectivity index is 2.62. The predicted octanol–water partition coefficient (Wildman–Crippen LogP) is 2.12. The Labute approximate surface area is 98.0 Å². The maximum Gasteiger partial charge on any atom is 0.119 e. The molecule has 0 radical (unpaired) electrons. The lowest BCUT2D eigenvalue weighted by atomic mass is 9.98. The summed E-state index contributed by atoms with van der Waals surface area (Å²) in [7, 11) is 1.69. The van der Waals surface area contributed by atoms with E-state index < -0.39 is 0 Å². The highest BCUT2D eigenvalue weighted by Crippen LogP contribution is 2.16. The van der Waals surface area contributed by atoms with Crippen molar-refractivity contribution in [3.63, 3.8) is 0 Å². The van der Waals surface area contributed by atoms with E-state index in [4.69, 9.17) is 10.6 Å². The van der Waals surface area contributed by atoms with E-state index in [1.165, 1.54) is 5.56 Å². The first-order valence-corrected chi connectivity index (χ1v) is 5.74. The average Bonchev–Trinajstić information content (AvgIpc) is 2.28. The van der Waals surface area contributed by atoms with Gasteiger partial charge in [0.05, 0.1) is 7.11 Å². The first kappa shape index (κ1) is 13.0. The van der Waals surface area contributed by atoms with Crippen LogP contribution in [0.25, 0.3) is 0 Å². The van der Waals surface area contributed by atoms with Gasteiger partial charge in [0, 0.05) is 6.04 Å². The summed E-state index contributed by atoms with van der Waals surface area (Å²) in [6.07, 6.45) is 2.01. The van der Waals surface area contributed by atoms with Crippen LogP contribution < -0.4 is 16.0 Å². The van der Waals surface area contributed by atoms with Gasteiger partial charge in [-0.1, -0.05) is 26.0 Å². The SMILES string of the molecule is COc1cccc(CC(CC(C)C)NN)c1. The van der Waals surface area contributed by atoms with E-state index in [9.17, 15) is 0 Å². The van der Waals surface area contributed by atoms with E-state index in [2.05, 4.69) is 31.4 Å². The van der Waals surface area contributed by atoms with Crippen LogP contribution in [0.4, 0.5) is 0 Å². The molecular formula is C13H22N2O. The van der Waals surface area contributed by atoms with Gasteiger partial charge in [-0.15, -0.1) is 0 Å². The topological polar surface area (TPSA) is 47.3 Å². The third-order valence-corrected chi connectivity index (χ3v) is 2.61. The number of hydrogen-bond acceptors (Lipinski definition) is 3. The van der Waals surface area contributed by atoms with Crippen LogP contribution in [0.5, 0.6) is 5.75 Å². The molecule has 1 atom stereocenters. The van der Waals surface area contributed by atoms with Crippen molar-refractivity contribution in [3.8, 4) is 5.75 Å². The third-order valence-electron chi connectivity index (χ3n) is 2.61. The molecule has 0 aliphatic carbocycles. The van der Waals surface area contributed by atoms with Crippen LogP contribution in [0.1, 0.15) is 25.8 Å². The van der Waals surface area contributed by atoms with Crippen molar-refractivity contribution >= 4 is 0 Å². The maximum atomic E-state index is 5.56. The normalized spacial score (nSPS) is 12.8. The summed E-state index contributed by atoms with van der Waals surface area (Å²) < 4.78 is 5.20. The minimum absolute atomic E-state index is 0.326. The highest BCUT2D eigenvalue weighted by atomic mass is 16.5. The predicted molar refractivity (Wildman–Crippen MR) is 67.3 cm³/mol. The molecule has 1 aromatic carbocycles. The van der Waals surface area contributed by atoms with Crippen LogP contribution in [-0.4, -0.2) is 13.2 Å². The third kappa shape index (κ3) is 4.21. The van der Waals surface area contributed by atoms with Crippen molar-refractivity contribution in [1.29, 1.82) is 0 Å². The number of hydrazine groups is 1. The van der Waals surface area contributed by atoms with Gasteiger partial charge >= 0.3 is 0 Å². The molecule has 0 spiro atoms. The second kappa shape index (κ2) is 6.51. The van der Waals surface area contributed by atoms with E-state index >= 15 is 0 Å². The minimum Gasteiger partial charge on any atom is -0.497 e. The fourth-order valence-electron chi connectivity index (χ4n) is 1.86. The summed E-state index contributed by atoms with van der Waals surface area (Å²) in [5.41, 5.74) is 4.13. The largest absolute Gasteiger partial charge is 0.497 e. The molecule has 0 saturated carbocycles. The molecule has 0 saturated heterocycles. The summed E-state index contributed by atoms with van der Waals surface area (Å²) in [6.45, 7) is 4.41. The Hall–Kier alpha value is -1.06. The number of hydrogen-bond donors (Lipinski definition) is 2. The van der Waals surface area contributed by atoms with Crippen molar-refractivity contribution in [2.75, 3.05) is 7.11 Å². The standard InChI is InChI=1S/C13H22N2O/c1-10(2)7-12(15-14)8-11-5-4-6-13(9-11)16-3/h4-6,9-10,12,15H,7-8,14H2,1-3H3.